The van der Waals surface area contributed by atoms with Crippen molar-refractivity contribution < 1.29 is 10.2 Å². The van der Waals surface area contributed by atoms with Crippen molar-refractivity contribution in [3.8, 4) is 0 Å². The van der Waals surface area contributed by atoms with Crippen molar-refractivity contribution in [1.29, 1.82) is 0 Å². The van der Waals surface area contributed by atoms with Gasteiger partial charge in [0.05, 0.1) is 6.04 Å². The van der Waals surface area contributed by atoms with Gasteiger partial charge in [0.15, 0.2) is 0 Å². The lowest BCUT2D eigenvalue weighted by Gasteiger charge is -2.53. The second kappa shape index (κ2) is 5.48. The quantitative estimate of drug-likeness (QED) is 0.591. The maximum atomic E-state index is 11.1. The van der Waals surface area contributed by atoms with Crippen LogP contribution in [-0.4, -0.2) is 46.6 Å². The number of piperidine rings is 3. The van der Waals surface area contributed by atoms with Gasteiger partial charge in [-0.1, -0.05) is 30.4 Å². The van der Waals surface area contributed by atoms with Gasteiger partial charge in [0.25, 0.3) is 0 Å². The first-order chi connectivity index (χ1) is 11.1. The molecular weight excluding hydrogens is 288 g/mol. The number of benzene rings is 1. The molecule has 4 atom stereocenters. The molecule has 0 saturated carbocycles. The molecule has 4 heteroatoms. The first kappa shape index (κ1) is 14.9. The van der Waals surface area contributed by atoms with Crippen molar-refractivity contribution in [2.45, 2.75) is 24.7 Å². The monoisotopic (exact) mass is 312 g/mol. The Kier molecular flexibility index (Phi) is 3.56. The Morgan fingerprint density at radius 1 is 1.30 bits per heavy atom. The molecule has 3 saturated heterocycles. The average molecular weight is 312 g/mol. The summed E-state index contributed by atoms with van der Waals surface area (Å²) in [6, 6.07) is 7.61. The van der Waals surface area contributed by atoms with E-state index in [0.717, 1.165) is 37.2 Å². The van der Waals surface area contributed by atoms with E-state index in [1.54, 1.807) is 0 Å². The number of rotatable bonds is 3. The van der Waals surface area contributed by atoms with E-state index in [9.17, 15) is 10.2 Å². The molecule has 3 fully saturated rings. The minimum Gasteiger partial charge on any atom is -0.381 e. The van der Waals surface area contributed by atoms with Crippen LogP contribution in [0.25, 0.3) is 5.57 Å². The molecule has 23 heavy (non-hydrogen) atoms. The van der Waals surface area contributed by atoms with E-state index in [0.29, 0.717) is 24.0 Å². The molecule has 2 bridgehead atoms. The van der Waals surface area contributed by atoms with Gasteiger partial charge in [-0.05, 0) is 37.3 Å². The summed E-state index contributed by atoms with van der Waals surface area (Å²) in [5, 5.41) is 25.5. The number of hydrogen-bond acceptors (Lipinski definition) is 4. The lowest BCUT2D eigenvalue weighted by Crippen LogP contribution is -2.62. The molecule has 0 aliphatic carbocycles. The van der Waals surface area contributed by atoms with Crippen LogP contribution in [0.4, 0.5) is 5.69 Å². The molecule has 0 spiro atoms. The maximum Gasteiger partial charge on any atom is 0.206 e. The Morgan fingerprint density at radius 2 is 2.13 bits per heavy atom. The number of hydrogen-bond donors (Lipinski definition) is 3. The van der Waals surface area contributed by atoms with Gasteiger partial charge >= 0.3 is 0 Å². The van der Waals surface area contributed by atoms with E-state index in [-0.39, 0.29) is 6.04 Å². The van der Waals surface area contributed by atoms with Crippen molar-refractivity contribution in [3.05, 3.63) is 48.6 Å². The fraction of sp³-hybridized carbons (Fsp3) is 0.474. The molecular formula is C19H24N2O2. The van der Waals surface area contributed by atoms with Crippen LogP contribution in [0, 0.1) is 11.8 Å². The number of para-hydroxylation sites is 1. The van der Waals surface area contributed by atoms with E-state index in [1.807, 2.05) is 36.4 Å². The molecule has 4 aliphatic heterocycles. The molecule has 5 rings (SSSR count). The molecule has 4 nitrogen and oxygen atoms in total. The maximum absolute atomic E-state index is 11.1. The Labute approximate surface area is 137 Å². The number of aliphatic hydroxyl groups is 2. The van der Waals surface area contributed by atoms with Gasteiger partial charge in [-0.2, -0.15) is 0 Å². The van der Waals surface area contributed by atoms with Crippen molar-refractivity contribution in [2.75, 3.05) is 25.0 Å². The standard InChI is InChI=1S/C19H24N2O2/c1-2-13-12-21-10-8-14(13)11-18(21)19(22,23)16-7-9-20-17-6-4-3-5-15(16)17/h2-7,13-14,18,20,22-23H,1,8-12H2/t13-,14+,18+/m1/s1. The Balaban J connectivity index is 1.66. The van der Waals surface area contributed by atoms with E-state index in [1.165, 1.54) is 0 Å². The summed E-state index contributed by atoms with van der Waals surface area (Å²) in [7, 11) is 0. The summed E-state index contributed by atoms with van der Waals surface area (Å²) in [5.74, 6) is -0.827. The summed E-state index contributed by atoms with van der Waals surface area (Å²) in [4.78, 5) is 2.23. The van der Waals surface area contributed by atoms with E-state index < -0.39 is 5.79 Å². The van der Waals surface area contributed by atoms with Crippen LogP contribution in [0.2, 0.25) is 0 Å². The van der Waals surface area contributed by atoms with Crippen LogP contribution in [-0.2, 0) is 0 Å². The summed E-state index contributed by atoms with van der Waals surface area (Å²) in [6.07, 6.45) is 5.89. The second-order valence-electron chi connectivity index (χ2n) is 6.97. The highest BCUT2D eigenvalue weighted by atomic mass is 16.5. The van der Waals surface area contributed by atoms with Crippen molar-refractivity contribution in [1.82, 2.24) is 4.90 Å². The zero-order chi connectivity index (χ0) is 16.0. The Hall–Kier alpha value is -1.62. The number of fused-ring (bicyclic) bond motifs is 4. The first-order valence-electron chi connectivity index (χ1n) is 8.46. The highest BCUT2D eigenvalue weighted by Gasteiger charge is 2.50. The van der Waals surface area contributed by atoms with Crippen LogP contribution >= 0.6 is 0 Å². The SMILES string of the molecule is C=C[C@@H]1CN2CC[C@H]1C[C@H]2C(O)(O)C1=CCNc2ccccc21. The summed E-state index contributed by atoms with van der Waals surface area (Å²) in [5.41, 5.74) is 2.50. The molecule has 0 radical (unpaired) electrons. The predicted molar refractivity (Wildman–Crippen MR) is 91.8 cm³/mol. The molecule has 1 unspecified atom stereocenters. The van der Waals surface area contributed by atoms with Gasteiger partial charge in [-0.25, -0.2) is 0 Å². The molecule has 3 N–H and O–H groups in total. The zero-order valence-corrected chi connectivity index (χ0v) is 13.3. The van der Waals surface area contributed by atoms with Gasteiger partial charge in [0.2, 0.25) is 5.79 Å². The van der Waals surface area contributed by atoms with Crippen LogP contribution in [0.3, 0.4) is 0 Å². The third kappa shape index (κ3) is 2.33. The van der Waals surface area contributed by atoms with Crippen molar-refractivity contribution >= 4 is 11.3 Å². The molecule has 1 aromatic carbocycles. The smallest absolute Gasteiger partial charge is 0.206 e. The van der Waals surface area contributed by atoms with E-state index in [4.69, 9.17) is 0 Å². The molecule has 0 aromatic heterocycles. The van der Waals surface area contributed by atoms with Crippen molar-refractivity contribution in [3.63, 3.8) is 0 Å². The number of anilines is 1. The summed E-state index contributed by atoms with van der Waals surface area (Å²) in [6.45, 7) is 6.39. The normalized spacial score (nSPS) is 32.7. The number of nitrogens with one attached hydrogen (secondary N) is 1. The third-order valence-corrected chi connectivity index (χ3v) is 5.78. The van der Waals surface area contributed by atoms with Crippen LogP contribution in [0.1, 0.15) is 18.4 Å². The van der Waals surface area contributed by atoms with Crippen LogP contribution < -0.4 is 5.32 Å². The van der Waals surface area contributed by atoms with Gasteiger partial charge in [-0.3, -0.25) is 4.90 Å². The third-order valence-electron chi connectivity index (χ3n) is 5.78. The van der Waals surface area contributed by atoms with Crippen LogP contribution in [0.15, 0.2) is 43.0 Å². The first-order valence-corrected chi connectivity index (χ1v) is 8.46. The molecule has 4 heterocycles. The van der Waals surface area contributed by atoms with Crippen molar-refractivity contribution in [2.24, 2.45) is 11.8 Å². The van der Waals surface area contributed by atoms with Gasteiger partial charge in [0, 0.05) is 29.9 Å². The topological polar surface area (TPSA) is 55.7 Å². The minimum absolute atomic E-state index is 0.241. The van der Waals surface area contributed by atoms with Crippen LogP contribution in [0.5, 0.6) is 0 Å². The van der Waals surface area contributed by atoms with Gasteiger partial charge in [0.1, 0.15) is 0 Å². The fourth-order valence-corrected chi connectivity index (χ4v) is 4.53. The zero-order valence-electron chi connectivity index (χ0n) is 13.3. The van der Waals surface area contributed by atoms with E-state index in [2.05, 4.69) is 16.8 Å². The highest BCUT2D eigenvalue weighted by Crippen LogP contribution is 2.44. The predicted octanol–water partition coefficient (Wildman–Crippen LogP) is 2.07. The van der Waals surface area contributed by atoms with Gasteiger partial charge in [-0.15, -0.1) is 6.58 Å². The fourth-order valence-electron chi connectivity index (χ4n) is 4.53. The summed E-state index contributed by atoms with van der Waals surface area (Å²) >= 11 is 0. The average Bonchev–Trinajstić information content (AvgIpc) is 2.61. The molecule has 0 amide bonds. The number of nitrogens with zero attached hydrogens (tertiary/aromatic N) is 1. The lowest BCUT2D eigenvalue weighted by molar-refractivity contribution is -0.188. The Morgan fingerprint density at radius 3 is 2.87 bits per heavy atom. The molecule has 4 aliphatic rings. The van der Waals surface area contributed by atoms with Gasteiger partial charge < -0.3 is 15.5 Å². The molecule has 122 valence electrons. The Bertz CT molecular complexity index is 653. The minimum atomic E-state index is -1.82. The molecule has 1 aromatic rings. The highest BCUT2D eigenvalue weighted by molar-refractivity contribution is 5.82. The second-order valence-corrected chi connectivity index (χ2v) is 6.97. The summed E-state index contributed by atoms with van der Waals surface area (Å²) < 4.78 is 0. The largest absolute Gasteiger partial charge is 0.381 e. The van der Waals surface area contributed by atoms with E-state index >= 15 is 0 Å². The lowest BCUT2D eigenvalue weighted by atomic mass is 9.72.